The Balaban J connectivity index is 3.39. The normalized spacial score (nSPS) is 12.2. The molecule has 0 unspecified atom stereocenters. The quantitative estimate of drug-likeness (QED) is 0.152. The Morgan fingerprint density at radius 1 is 0.714 bits per heavy atom. The zero-order valence-electron chi connectivity index (χ0n) is 18.1. The topological polar surface area (TPSA) is 49.3 Å². The molecule has 0 fully saturated rings. The molecule has 0 aromatic rings. The average molecular weight is 390 g/mol. The molecular formula is C25H43NO2. The summed E-state index contributed by atoms with van der Waals surface area (Å²) in [6, 6.07) is 0. The number of carbonyl (C=O) groups is 1. The predicted molar refractivity (Wildman–Crippen MR) is 122 cm³/mol. The maximum atomic E-state index is 11.2. The molecule has 0 saturated carbocycles. The molecular weight excluding hydrogens is 346 g/mol. The number of hydrogen-bond acceptors (Lipinski definition) is 2. The molecule has 0 heterocycles. The maximum Gasteiger partial charge on any atom is 0.244 e. The van der Waals surface area contributed by atoms with Crippen LogP contribution < -0.4 is 5.32 Å². The van der Waals surface area contributed by atoms with Gasteiger partial charge in [-0.1, -0.05) is 120 Å². The van der Waals surface area contributed by atoms with Crippen LogP contribution in [0.5, 0.6) is 0 Å². The van der Waals surface area contributed by atoms with Crippen LogP contribution in [-0.4, -0.2) is 24.2 Å². The van der Waals surface area contributed by atoms with Gasteiger partial charge in [0.15, 0.2) is 0 Å². The van der Waals surface area contributed by atoms with Gasteiger partial charge in [0.05, 0.1) is 6.61 Å². The lowest BCUT2D eigenvalue weighted by Gasteiger charge is -2.02. The first kappa shape index (κ1) is 26.4. The van der Waals surface area contributed by atoms with Gasteiger partial charge in [0.1, 0.15) is 0 Å². The molecule has 28 heavy (non-hydrogen) atoms. The summed E-state index contributed by atoms with van der Waals surface area (Å²) in [5.41, 5.74) is 0. The largest absolute Gasteiger partial charge is 0.395 e. The number of aliphatic hydroxyl groups is 1. The summed E-state index contributed by atoms with van der Waals surface area (Å²) < 4.78 is 0. The van der Waals surface area contributed by atoms with E-state index in [-0.39, 0.29) is 19.1 Å². The van der Waals surface area contributed by atoms with Crippen molar-refractivity contribution >= 4 is 5.91 Å². The number of hydrogen-bond donors (Lipinski definition) is 2. The fourth-order valence-corrected chi connectivity index (χ4v) is 2.92. The second-order valence-corrected chi connectivity index (χ2v) is 7.25. The summed E-state index contributed by atoms with van der Waals surface area (Å²) in [4.78, 5) is 11.2. The number of amides is 1. The van der Waals surface area contributed by atoms with Gasteiger partial charge < -0.3 is 10.4 Å². The molecule has 0 aromatic carbocycles. The van der Waals surface area contributed by atoms with E-state index in [1.54, 1.807) is 6.08 Å². The molecule has 0 spiro atoms. The lowest BCUT2D eigenvalue weighted by atomic mass is 10.0. The monoisotopic (exact) mass is 389 g/mol. The molecule has 0 aliphatic heterocycles. The number of rotatable bonds is 19. The third-order valence-corrected chi connectivity index (χ3v) is 4.57. The number of nitrogens with one attached hydrogen (secondary N) is 1. The second kappa shape index (κ2) is 23.4. The van der Waals surface area contributed by atoms with Crippen molar-refractivity contribution in [2.75, 3.05) is 13.2 Å². The highest BCUT2D eigenvalue weighted by atomic mass is 16.3. The summed E-state index contributed by atoms with van der Waals surface area (Å²) in [5.74, 6) is -0.190. The lowest BCUT2D eigenvalue weighted by Crippen LogP contribution is -2.24. The molecule has 1 amide bonds. The highest BCUT2D eigenvalue weighted by Gasteiger charge is 1.93. The van der Waals surface area contributed by atoms with Gasteiger partial charge in [0.2, 0.25) is 5.91 Å². The van der Waals surface area contributed by atoms with Crippen LogP contribution >= 0.6 is 0 Å². The van der Waals surface area contributed by atoms with Crippen molar-refractivity contribution in [2.45, 2.75) is 90.4 Å². The number of allylic oxidation sites excluding steroid dienone is 7. The minimum absolute atomic E-state index is 0.0380. The van der Waals surface area contributed by atoms with Crippen LogP contribution in [0.1, 0.15) is 90.4 Å². The fourth-order valence-electron chi connectivity index (χ4n) is 2.92. The van der Waals surface area contributed by atoms with Crippen LogP contribution in [0.25, 0.3) is 0 Å². The Hall–Kier alpha value is -1.61. The molecule has 0 rings (SSSR count). The summed E-state index contributed by atoms with van der Waals surface area (Å²) in [6.45, 7) is 2.53. The van der Waals surface area contributed by atoms with Gasteiger partial charge in [0, 0.05) is 12.6 Å². The van der Waals surface area contributed by atoms with Crippen molar-refractivity contribution in [2.24, 2.45) is 0 Å². The molecule has 0 aliphatic carbocycles. The SMILES string of the molecule is CCCCCCCCCCCCCC\C=C/C=C/C=C\C=C\C(=O)NCCO. The van der Waals surface area contributed by atoms with E-state index in [0.29, 0.717) is 0 Å². The van der Waals surface area contributed by atoms with Crippen LogP contribution in [0.3, 0.4) is 0 Å². The summed E-state index contributed by atoms with van der Waals surface area (Å²) in [7, 11) is 0. The molecule has 3 heteroatoms. The van der Waals surface area contributed by atoms with Crippen LogP contribution in [0.15, 0.2) is 48.6 Å². The van der Waals surface area contributed by atoms with E-state index in [4.69, 9.17) is 5.11 Å². The molecule has 3 nitrogen and oxygen atoms in total. The number of aliphatic hydroxyl groups excluding tert-OH is 1. The minimum atomic E-state index is -0.190. The third kappa shape index (κ3) is 22.4. The highest BCUT2D eigenvalue weighted by molar-refractivity contribution is 5.87. The highest BCUT2D eigenvalue weighted by Crippen LogP contribution is 2.12. The van der Waals surface area contributed by atoms with Crippen LogP contribution in [0.2, 0.25) is 0 Å². The Labute approximate surface area is 173 Å². The van der Waals surface area contributed by atoms with Gasteiger partial charge in [-0.2, -0.15) is 0 Å². The van der Waals surface area contributed by atoms with Crippen LogP contribution in [0, 0.1) is 0 Å². The standard InChI is InChI=1S/C25H43NO2/c1-2-3-4-5-6-7-8-9-10-11-12-13-14-15-16-17-18-19-20-21-22-25(28)26-23-24-27/h15-22,27H,2-14,23-24H2,1H3,(H,26,28)/b16-15-,18-17+,20-19-,22-21+. The summed E-state index contributed by atoms with van der Waals surface area (Å²) in [6.07, 6.45) is 33.0. The van der Waals surface area contributed by atoms with E-state index in [1.807, 2.05) is 24.3 Å². The fraction of sp³-hybridized carbons (Fsp3) is 0.640. The smallest absolute Gasteiger partial charge is 0.244 e. The maximum absolute atomic E-state index is 11.2. The first-order valence-electron chi connectivity index (χ1n) is 11.4. The Morgan fingerprint density at radius 3 is 1.79 bits per heavy atom. The van der Waals surface area contributed by atoms with E-state index >= 15 is 0 Å². The molecule has 0 atom stereocenters. The molecule has 0 radical (unpaired) electrons. The van der Waals surface area contributed by atoms with E-state index in [9.17, 15) is 4.79 Å². The van der Waals surface area contributed by atoms with Crippen LogP contribution in [0.4, 0.5) is 0 Å². The first-order chi connectivity index (χ1) is 13.8. The first-order valence-corrected chi connectivity index (χ1v) is 11.4. The summed E-state index contributed by atoms with van der Waals surface area (Å²) in [5, 5.41) is 11.1. The molecule has 0 saturated heterocycles. The number of unbranched alkanes of at least 4 members (excludes halogenated alkanes) is 12. The van der Waals surface area contributed by atoms with E-state index < -0.39 is 0 Å². The second-order valence-electron chi connectivity index (χ2n) is 7.25. The third-order valence-electron chi connectivity index (χ3n) is 4.57. The van der Waals surface area contributed by atoms with Crippen molar-refractivity contribution in [1.29, 1.82) is 0 Å². The Morgan fingerprint density at radius 2 is 1.21 bits per heavy atom. The predicted octanol–water partition coefficient (Wildman–Crippen LogP) is 6.41. The van der Waals surface area contributed by atoms with E-state index in [1.165, 1.54) is 83.1 Å². The zero-order valence-corrected chi connectivity index (χ0v) is 18.1. The van der Waals surface area contributed by atoms with Gasteiger partial charge in [-0.05, 0) is 12.8 Å². The molecule has 0 aliphatic rings. The lowest BCUT2D eigenvalue weighted by molar-refractivity contribution is -0.116. The zero-order chi connectivity index (χ0) is 20.5. The van der Waals surface area contributed by atoms with Gasteiger partial charge >= 0.3 is 0 Å². The van der Waals surface area contributed by atoms with Gasteiger partial charge in [-0.3, -0.25) is 4.79 Å². The van der Waals surface area contributed by atoms with E-state index in [0.717, 1.165) is 6.42 Å². The number of carbonyl (C=O) groups excluding carboxylic acids is 1. The van der Waals surface area contributed by atoms with Gasteiger partial charge in [0.25, 0.3) is 0 Å². The van der Waals surface area contributed by atoms with Crippen molar-refractivity contribution in [3.05, 3.63) is 48.6 Å². The van der Waals surface area contributed by atoms with Crippen molar-refractivity contribution in [1.82, 2.24) is 5.32 Å². The van der Waals surface area contributed by atoms with E-state index in [2.05, 4.69) is 24.4 Å². The summed E-state index contributed by atoms with van der Waals surface area (Å²) >= 11 is 0. The molecule has 2 N–H and O–H groups in total. The van der Waals surface area contributed by atoms with Crippen molar-refractivity contribution in [3.63, 3.8) is 0 Å². The average Bonchev–Trinajstić information content (AvgIpc) is 2.70. The Bertz CT molecular complexity index is 449. The van der Waals surface area contributed by atoms with Gasteiger partial charge in [-0.15, -0.1) is 0 Å². The molecule has 0 bridgehead atoms. The van der Waals surface area contributed by atoms with Crippen molar-refractivity contribution < 1.29 is 9.90 Å². The minimum Gasteiger partial charge on any atom is -0.395 e. The van der Waals surface area contributed by atoms with Crippen LogP contribution in [-0.2, 0) is 4.79 Å². The molecule has 0 aromatic heterocycles. The van der Waals surface area contributed by atoms with Gasteiger partial charge in [-0.25, -0.2) is 0 Å². The molecule has 160 valence electrons. The van der Waals surface area contributed by atoms with Crippen molar-refractivity contribution in [3.8, 4) is 0 Å². The Kier molecular flexibility index (Phi) is 22.1.